The minimum absolute atomic E-state index is 0. The van der Waals surface area contributed by atoms with E-state index in [4.69, 9.17) is 5.11 Å². The minimum Gasteiger partial charge on any atom is -0.480 e. The van der Waals surface area contributed by atoms with Crippen molar-refractivity contribution < 1.29 is 9.90 Å². The van der Waals surface area contributed by atoms with E-state index in [1.165, 1.54) is 89.9 Å². The zero-order chi connectivity index (χ0) is 18.2. The number of hydrogen-bond acceptors (Lipinski definition) is 3. The van der Waals surface area contributed by atoms with Crippen LogP contribution in [0.5, 0.6) is 0 Å². The number of unbranched alkanes of at least 4 members (excludes halogenated alkanes) is 13. The summed E-state index contributed by atoms with van der Waals surface area (Å²) in [6.07, 6.45) is 23.3. The maximum Gasteiger partial charge on any atom is 0.323 e. The summed E-state index contributed by atoms with van der Waals surface area (Å²) in [5, 5.41) is 8.77. The lowest BCUT2D eigenvalue weighted by molar-refractivity contribution is -0.137. The fraction of sp³-hybridized carbons (Fsp3) is 0.857. The average Bonchev–Trinajstić information content (AvgIpc) is 3.01. The van der Waals surface area contributed by atoms with Crippen LogP contribution in [0.4, 0.5) is 0 Å². The molecule has 0 aromatic rings. The highest BCUT2D eigenvalue weighted by atomic mass is 79.9. The van der Waals surface area contributed by atoms with Gasteiger partial charge in [0, 0.05) is 18.9 Å². The molecule has 0 saturated heterocycles. The maximum atomic E-state index is 10.7. The van der Waals surface area contributed by atoms with Crippen molar-refractivity contribution in [1.29, 1.82) is 0 Å². The van der Waals surface area contributed by atoms with Gasteiger partial charge in [-0.1, -0.05) is 90.4 Å². The van der Waals surface area contributed by atoms with E-state index < -0.39 is 5.97 Å². The predicted molar refractivity (Wildman–Crippen MR) is 116 cm³/mol. The Morgan fingerprint density at radius 3 is 1.65 bits per heavy atom. The van der Waals surface area contributed by atoms with Crippen molar-refractivity contribution in [2.24, 2.45) is 0 Å². The van der Waals surface area contributed by atoms with Gasteiger partial charge in [0.2, 0.25) is 0 Å². The standard InChI is InChI=1S/C21H40N2O2.BrH/c1-2-3-4-5-6-7-8-9-10-11-12-13-14-15-16-22-17-18-23(20-22)19-21(24)25;/h17-18H,2-16,19-20H2,1H3,(H,24,25);1H. The zero-order valence-electron chi connectivity index (χ0n) is 16.8. The second-order valence-corrected chi connectivity index (χ2v) is 7.49. The molecular formula is C21H41BrN2O2. The predicted octanol–water partition coefficient (Wildman–Crippen LogP) is 6.18. The molecule has 1 rings (SSSR count). The number of aliphatic carboxylic acids is 1. The van der Waals surface area contributed by atoms with Crippen LogP contribution >= 0.6 is 17.0 Å². The summed E-state index contributed by atoms with van der Waals surface area (Å²) < 4.78 is 0. The van der Waals surface area contributed by atoms with E-state index in [1.807, 2.05) is 17.3 Å². The van der Waals surface area contributed by atoms with Gasteiger partial charge in [-0.05, 0) is 6.42 Å². The Labute approximate surface area is 171 Å². The van der Waals surface area contributed by atoms with Gasteiger partial charge in [-0.25, -0.2) is 0 Å². The topological polar surface area (TPSA) is 43.8 Å². The summed E-state index contributed by atoms with van der Waals surface area (Å²) in [4.78, 5) is 14.7. The molecule has 4 nitrogen and oxygen atoms in total. The fourth-order valence-corrected chi connectivity index (χ4v) is 3.45. The zero-order valence-corrected chi connectivity index (χ0v) is 18.5. The first-order chi connectivity index (χ1) is 12.2. The lowest BCUT2D eigenvalue weighted by atomic mass is 10.0. The number of nitrogens with zero attached hydrogens (tertiary/aromatic N) is 2. The summed E-state index contributed by atoms with van der Waals surface area (Å²) >= 11 is 0. The van der Waals surface area contributed by atoms with Crippen LogP contribution in [-0.4, -0.2) is 40.6 Å². The quantitative estimate of drug-likeness (QED) is 0.278. The van der Waals surface area contributed by atoms with Gasteiger partial charge in [-0.3, -0.25) is 4.79 Å². The molecule has 5 heteroatoms. The normalized spacial score (nSPS) is 13.3. The van der Waals surface area contributed by atoms with E-state index >= 15 is 0 Å². The third kappa shape index (κ3) is 14.5. The van der Waals surface area contributed by atoms with E-state index in [0.717, 1.165) is 13.2 Å². The lowest BCUT2D eigenvalue weighted by Gasteiger charge is -2.19. The third-order valence-electron chi connectivity index (χ3n) is 4.99. The monoisotopic (exact) mass is 432 g/mol. The number of rotatable bonds is 17. The molecule has 1 aliphatic rings. The molecule has 1 aliphatic heterocycles. The molecule has 0 fully saturated rings. The lowest BCUT2D eigenvalue weighted by Crippen LogP contribution is -2.29. The summed E-state index contributed by atoms with van der Waals surface area (Å²) in [5.41, 5.74) is 0. The molecule has 0 unspecified atom stereocenters. The summed E-state index contributed by atoms with van der Waals surface area (Å²) in [6, 6.07) is 0. The molecule has 0 amide bonds. The number of hydrogen-bond donors (Lipinski definition) is 1. The molecule has 0 atom stereocenters. The van der Waals surface area contributed by atoms with E-state index in [0.29, 0.717) is 0 Å². The van der Waals surface area contributed by atoms with Crippen LogP contribution in [0.1, 0.15) is 96.8 Å². The molecule has 0 radical (unpaired) electrons. The van der Waals surface area contributed by atoms with Crippen LogP contribution in [0.3, 0.4) is 0 Å². The highest BCUT2D eigenvalue weighted by molar-refractivity contribution is 8.93. The Morgan fingerprint density at radius 1 is 0.769 bits per heavy atom. The molecule has 0 aromatic carbocycles. The molecule has 0 saturated carbocycles. The summed E-state index contributed by atoms with van der Waals surface area (Å²) in [7, 11) is 0. The number of carbonyl (C=O) groups is 1. The van der Waals surface area contributed by atoms with Gasteiger partial charge in [0.05, 0.1) is 6.67 Å². The molecule has 0 spiro atoms. The SMILES string of the molecule is Br.CCCCCCCCCCCCCCCCN1C=CN(CC(=O)O)C1. The molecule has 0 aliphatic carbocycles. The first-order valence-electron chi connectivity index (χ1n) is 10.6. The van der Waals surface area contributed by atoms with Crippen molar-refractivity contribution in [3.63, 3.8) is 0 Å². The molecule has 26 heavy (non-hydrogen) atoms. The summed E-state index contributed by atoms with van der Waals surface area (Å²) in [6.45, 7) is 4.15. The highest BCUT2D eigenvalue weighted by Gasteiger charge is 2.13. The third-order valence-corrected chi connectivity index (χ3v) is 4.99. The minimum atomic E-state index is -0.761. The Balaban J connectivity index is 0.00000625. The molecule has 0 aromatic heterocycles. The Kier molecular flexibility index (Phi) is 17.2. The van der Waals surface area contributed by atoms with E-state index in [1.54, 1.807) is 0 Å². The highest BCUT2D eigenvalue weighted by Crippen LogP contribution is 2.13. The van der Waals surface area contributed by atoms with E-state index in [2.05, 4.69) is 11.8 Å². The molecule has 154 valence electrons. The van der Waals surface area contributed by atoms with Crippen molar-refractivity contribution in [2.45, 2.75) is 96.8 Å². The number of halogens is 1. The van der Waals surface area contributed by atoms with Gasteiger partial charge in [-0.2, -0.15) is 0 Å². The number of carboxylic acid groups (broad SMARTS) is 1. The van der Waals surface area contributed by atoms with Crippen LogP contribution in [0.2, 0.25) is 0 Å². The smallest absolute Gasteiger partial charge is 0.323 e. The molecular weight excluding hydrogens is 392 g/mol. The maximum absolute atomic E-state index is 10.7. The van der Waals surface area contributed by atoms with Gasteiger partial charge in [0.15, 0.2) is 0 Å². The van der Waals surface area contributed by atoms with Gasteiger partial charge in [-0.15, -0.1) is 17.0 Å². The number of carboxylic acids is 1. The molecule has 0 bridgehead atoms. The largest absolute Gasteiger partial charge is 0.480 e. The van der Waals surface area contributed by atoms with Crippen LogP contribution in [0, 0.1) is 0 Å². The molecule has 1 heterocycles. The van der Waals surface area contributed by atoms with Gasteiger partial charge >= 0.3 is 5.97 Å². The van der Waals surface area contributed by atoms with Crippen molar-refractivity contribution in [3.8, 4) is 0 Å². The van der Waals surface area contributed by atoms with Crippen LogP contribution in [0.15, 0.2) is 12.4 Å². The molecule has 1 N–H and O–H groups in total. The summed E-state index contributed by atoms with van der Waals surface area (Å²) in [5.74, 6) is -0.761. The van der Waals surface area contributed by atoms with Crippen molar-refractivity contribution in [1.82, 2.24) is 9.80 Å². The average molecular weight is 433 g/mol. The van der Waals surface area contributed by atoms with Crippen molar-refractivity contribution >= 4 is 23.0 Å². The first-order valence-corrected chi connectivity index (χ1v) is 10.6. The van der Waals surface area contributed by atoms with Crippen molar-refractivity contribution in [2.75, 3.05) is 19.8 Å². The Bertz CT molecular complexity index is 364. The van der Waals surface area contributed by atoms with Gasteiger partial charge in [0.25, 0.3) is 0 Å². The van der Waals surface area contributed by atoms with Crippen LogP contribution < -0.4 is 0 Å². The first kappa shape index (κ1) is 25.3. The van der Waals surface area contributed by atoms with Gasteiger partial charge in [0.1, 0.15) is 6.54 Å². The van der Waals surface area contributed by atoms with Crippen LogP contribution in [-0.2, 0) is 4.79 Å². The van der Waals surface area contributed by atoms with Gasteiger partial charge < -0.3 is 14.9 Å². The van der Waals surface area contributed by atoms with E-state index in [9.17, 15) is 4.79 Å². The van der Waals surface area contributed by atoms with Crippen LogP contribution in [0.25, 0.3) is 0 Å². The van der Waals surface area contributed by atoms with E-state index in [-0.39, 0.29) is 23.5 Å². The van der Waals surface area contributed by atoms with Crippen molar-refractivity contribution in [3.05, 3.63) is 12.4 Å². The second-order valence-electron chi connectivity index (χ2n) is 7.49. The fourth-order valence-electron chi connectivity index (χ4n) is 3.45. The second kappa shape index (κ2) is 17.7. The Hall–Kier alpha value is -0.710. The Morgan fingerprint density at radius 2 is 1.19 bits per heavy atom.